The van der Waals surface area contributed by atoms with Crippen LogP contribution < -0.4 is 20.3 Å². The number of ketones is 3. The van der Waals surface area contributed by atoms with Crippen LogP contribution in [0.5, 0.6) is 5.75 Å². The second-order valence-corrected chi connectivity index (χ2v) is 29.8. The number of carbonyl (C=O) groups is 4. The molecule has 0 amide bonds. The van der Waals surface area contributed by atoms with E-state index in [2.05, 4.69) is 107 Å². The van der Waals surface area contributed by atoms with Crippen LogP contribution in [0.1, 0.15) is 85.1 Å². The highest BCUT2D eigenvalue weighted by molar-refractivity contribution is 6.99. The van der Waals surface area contributed by atoms with Gasteiger partial charge in [-0.3, -0.25) is 19.2 Å². The topological polar surface area (TPSA) is 105 Å². The first-order valence-electron chi connectivity index (χ1n) is 23.2. The van der Waals surface area contributed by atoms with Crippen LogP contribution >= 0.6 is 0 Å². The van der Waals surface area contributed by atoms with E-state index in [0.717, 1.165) is 21.7 Å². The third-order valence-corrected chi connectivity index (χ3v) is 25.0. The Hall–Kier alpha value is -4.49. The number of hydrogen-bond donors (Lipinski definition) is 0. The molecule has 0 bridgehead atoms. The highest BCUT2D eigenvalue weighted by Crippen LogP contribution is 2.58. The monoisotopic (exact) mass is 900 g/mol. The highest BCUT2D eigenvalue weighted by atomic mass is 28.4. The van der Waals surface area contributed by atoms with Crippen molar-refractivity contribution in [2.24, 2.45) is 28.6 Å². The van der Waals surface area contributed by atoms with Crippen LogP contribution in [0.25, 0.3) is 0 Å². The zero-order valence-electron chi connectivity index (χ0n) is 39.2. The quantitative estimate of drug-likeness (QED) is 0.0811. The molecule has 8 nitrogen and oxygen atoms in total. The lowest BCUT2D eigenvalue weighted by atomic mass is 9.51. The Morgan fingerprint density at radius 2 is 1.36 bits per heavy atom. The summed E-state index contributed by atoms with van der Waals surface area (Å²) in [5, 5.41) is 3.34. The van der Waals surface area contributed by atoms with Crippen molar-refractivity contribution in [1.82, 2.24) is 0 Å². The van der Waals surface area contributed by atoms with E-state index in [-0.39, 0.29) is 72.2 Å². The van der Waals surface area contributed by atoms with E-state index in [4.69, 9.17) is 18.6 Å². The van der Waals surface area contributed by atoms with Crippen LogP contribution in [0.15, 0.2) is 115 Å². The molecular weight excluding hydrogens is 833 g/mol. The summed E-state index contributed by atoms with van der Waals surface area (Å²) in [4.78, 5) is 57.5. The molecule has 4 aromatic rings. The van der Waals surface area contributed by atoms with Gasteiger partial charge in [-0.15, -0.1) is 0 Å². The van der Waals surface area contributed by atoms with Gasteiger partial charge in [-0.2, -0.15) is 0 Å². The van der Waals surface area contributed by atoms with Crippen molar-refractivity contribution < 1.29 is 37.8 Å². The van der Waals surface area contributed by atoms with Gasteiger partial charge in [0.2, 0.25) is 0 Å². The van der Waals surface area contributed by atoms with Gasteiger partial charge in [-0.05, 0) is 69.7 Å². The Balaban J connectivity index is 1.25. The van der Waals surface area contributed by atoms with Gasteiger partial charge in [-0.1, -0.05) is 149 Å². The summed E-state index contributed by atoms with van der Waals surface area (Å²) < 4.78 is 25.9. The van der Waals surface area contributed by atoms with E-state index in [0.29, 0.717) is 32.3 Å². The van der Waals surface area contributed by atoms with Crippen molar-refractivity contribution in [3.05, 3.63) is 121 Å². The molecule has 0 aromatic heterocycles. The van der Waals surface area contributed by atoms with Gasteiger partial charge >= 0.3 is 5.97 Å². The second-order valence-electron chi connectivity index (χ2n) is 20.7. The van der Waals surface area contributed by atoms with E-state index < -0.39 is 45.2 Å². The standard InChI is InChI=1S/C54H68O8Si2/c1-38(55)62-49(34-53(5)40(26-29-50(53)57)36-61-64(52(2,3)4,45-20-14-10-15-21-45)46-22-16-11-17-23-46)48-32-42(56)30-41-31-47(63(7,8)44-18-12-9-13-19-44)33-51(58)54(41,48)37-60-35-39-24-27-43(59-6)28-25-39/h9-25,27-28,40-41,47-49H,26,29-37H2,1-8H3/t40-,41-,47-,48-,49-,53-,54+/m1/s1. The van der Waals surface area contributed by atoms with E-state index in [9.17, 15) is 14.4 Å². The molecule has 0 spiro atoms. The smallest absolute Gasteiger partial charge is 0.302 e. The maximum atomic E-state index is 15.5. The minimum Gasteiger partial charge on any atom is -0.497 e. The summed E-state index contributed by atoms with van der Waals surface area (Å²) in [5.41, 5.74) is -1.01. The first-order valence-corrected chi connectivity index (χ1v) is 28.2. The molecule has 3 aliphatic rings. The summed E-state index contributed by atoms with van der Waals surface area (Å²) in [6.45, 7) is 15.5. The number of ether oxygens (including phenoxy) is 3. The number of Topliss-reactive ketones (excluding diaryl/α,β-unsaturated/α-hetero) is 3. The molecule has 340 valence electrons. The zero-order valence-corrected chi connectivity index (χ0v) is 41.2. The summed E-state index contributed by atoms with van der Waals surface area (Å²) >= 11 is 0. The molecule has 0 radical (unpaired) electrons. The third kappa shape index (κ3) is 9.17. The molecule has 0 unspecified atom stereocenters. The number of hydrogen-bond acceptors (Lipinski definition) is 8. The molecule has 7 atom stereocenters. The Bertz CT molecular complexity index is 2220. The molecule has 10 heteroatoms. The van der Waals surface area contributed by atoms with E-state index in [1.807, 2.05) is 49.4 Å². The van der Waals surface area contributed by atoms with Gasteiger partial charge in [0.25, 0.3) is 8.32 Å². The van der Waals surface area contributed by atoms with Crippen LogP contribution in [-0.4, -0.2) is 66.1 Å². The number of rotatable bonds is 16. The van der Waals surface area contributed by atoms with E-state index >= 15 is 4.79 Å². The van der Waals surface area contributed by atoms with Gasteiger partial charge < -0.3 is 18.6 Å². The first kappa shape index (κ1) is 47.5. The molecule has 4 aromatic carbocycles. The predicted octanol–water partition coefficient (Wildman–Crippen LogP) is 9.03. The fourth-order valence-electron chi connectivity index (χ4n) is 11.9. The SMILES string of the molecule is COc1ccc(COC[C@]23C(=O)C[C@H]([Si](C)(C)c4ccccc4)C[C@H]2CC(=O)C[C@@H]3[C@@H](C[C@@]2(C)C(=O)CC[C@@H]2CO[Si](c2ccccc2)(c2ccccc2)C(C)(C)C)OC(C)=O)cc1. The zero-order chi connectivity index (χ0) is 45.9. The lowest BCUT2D eigenvalue weighted by molar-refractivity contribution is -0.179. The van der Waals surface area contributed by atoms with E-state index in [1.54, 1.807) is 7.11 Å². The van der Waals surface area contributed by atoms with Crippen molar-refractivity contribution in [1.29, 1.82) is 0 Å². The average Bonchev–Trinajstić information content (AvgIpc) is 3.55. The van der Waals surface area contributed by atoms with Crippen LogP contribution in [0.3, 0.4) is 0 Å². The van der Waals surface area contributed by atoms with Crippen LogP contribution in [0.2, 0.25) is 23.7 Å². The summed E-state index contributed by atoms with van der Waals surface area (Å²) in [7, 11) is -3.52. The van der Waals surface area contributed by atoms with Crippen molar-refractivity contribution >= 4 is 55.3 Å². The lowest BCUT2D eigenvalue weighted by Gasteiger charge is -2.55. The second kappa shape index (κ2) is 19.2. The molecule has 3 fully saturated rings. The summed E-state index contributed by atoms with van der Waals surface area (Å²) in [6, 6.07) is 39.2. The molecule has 3 saturated carbocycles. The molecule has 7 rings (SSSR count). The maximum Gasteiger partial charge on any atom is 0.302 e. The number of esters is 1. The molecule has 64 heavy (non-hydrogen) atoms. The molecule has 0 N–H and O–H groups in total. The predicted molar refractivity (Wildman–Crippen MR) is 257 cm³/mol. The Labute approximate surface area is 383 Å². The Morgan fingerprint density at radius 1 is 0.781 bits per heavy atom. The average molecular weight is 901 g/mol. The third-order valence-electron chi connectivity index (χ3n) is 15.7. The molecule has 0 aliphatic heterocycles. The highest BCUT2D eigenvalue weighted by Gasteiger charge is 2.63. The summed E-state index contributed by atoms with van der Waals surface area (Å²) in [6.07, 6.45) is 1.71. The van der Waals surface area contributed by atoms with E-state index in [1.165, 1.54) is 12.1 Å². The van der Waals surface area contributed by atoms with Gasteiger partial charge in [0.15, 0.2) is 0 Å². The largest absolute Gasteiger partial charge is 0.497 e. The molecule has 0 heterocycles. The van der Waals surface area contributed by atoms with Gasteiger partial charge in [-0.25, -0.2) is 0 Å². The van der Waals surface area contributed by atoms with Gasteiger partial charge in [0.05, 0.1) is 33.8 Å². The van der Waals surface area contributed by atoms with Crippen molar-refractivity contribution in [3.8, 4) is 5.75 Å². The molecule has 0 saturated heterocycles. The summed E-state index contributed by atoms with van der Waals surface area (Å²) in [5.74, 6) is -0.712. The van der Waals surface area contributed by atoms with Crippen molar-refractivity contribution in [2.75, 3.05) is 20.3 Å². The van der Waals surface area contributed by atoms with Gasteiger partial charge in [0.1, 0.15) is 29.2 Å². The lowest BCUT2D eigenvalue weighted by Crippen LogP contribution is -2.67. The Kier molecular flexibility index (Phi) is 14.2. The molecule has 3 aliphatic carbocycles. The minimum absolute atomic E-state index is 0.0556. The number of carbonyl (C=O) groups excluding carboxylic acids is 4. The van der Waals surface area contributed by atoms with Crippen LogP contribution in [-0.2, 0) is 39.7 Å². The fraction of sp³-hybridized carbons (Fsp3) is 0.481. The maximum absolute atomic E-state index is 15.5. The van der Waals surface area contributed by atoms with Crippen LogP contribution in [0, 0.1) is 28.6 Å². The fourth-order valence-corrected chi connectivity index (χ4v) is 19.6. The normalized spacial score (nSPS) is 25.7. The van der Waals surface area contributed by atoms with Crippen molar-refractivity contribution in [2.45, 2.75) is 116 Å². The Morgan fingerprint density at radius 3 is 1.91 bits per heavy atom. The minimum atomic E-state index is -2.95. The molecular formula is C54H68O8Si2. The van der Waals surface area contributed by atoms with Crippen molar-refractivity contribution in [3.63, 3.8) is 0 Å². The number of methoxy groups -OCH3 is 1. The van der Waals surface area contributed by atoms with Gasteiger partial charge in [0, 0.05) is 50.5 Å². The number of fused-ring (bicyclic) bond motifs is 1. The van der Waals surface area contributed by atoms with Crippen LogP contribution in [0.4, 0.5) is 0 Å². The number of benzene rings is 4. The first-order chi connectivity index (χ1) is 30.5.